The summed E-state index contributed by atoms with van der Waals surface area (Å²) in [6, 6.07) is 6.84. The summed E-state index contributed by atoms with van der Waals surface area (Å²) in [5.41, 5.74) is 8.72. The quantitative estimate of drug-likeness (QED) is 0.479. The van der Waals surface area contributed by atoms with Gasteiger partial charge in [-0.15, -0.1) is 0 Å². The minimum absolute atomic E-state index is 0.674. The Labute approximate surface area is 124 Å². The minimum Gasteiger partial charge on any atom is -0.0774 e. The lowest BCUT2D eigenvalue weighted by atomic mass is 9.85. The van der Waals surface area contributed by atoms with Crippen LogP contribution in [0.4, 0.5) is 0 Å². The summed E-state index contributed by atoms with van der Waals surface area (Å²) in [4.78, 5) is 0. The summed E-state index contributed by atoms with van der Waals surface area (Å²) in [6.45, 7) is 8.94. The minimum atomic E-state index is 0.674. The molecule has 0 bridgehead atoms. The summed E-state index contributed by atoms with van der Waals surface area (Å²) >= 11 is 2.56. The molecule has 0 saturated heterocycles. The first-order valence-electron chi connectivity index (χ1n) is 6.66. The van der Waals surface area contributed by atoms with E-state index in [0.717, 1.165) is 12.8 Å². The van der Waals surface area contributed by atoms with Gasteiger partial charge in [-0.05, 0) is 61.4 Å². The van der Waals surface area contributed by atoms with Crippen molar-refractivity contribution in [3.05, 3.63) is 52.1 Å². The van der Waals surface area contributed by atoms with Gasteiger partial charge in [0.05, 0.1) is 0 Å². The second kappa shape index (κ2) is 5.60. The average Bonchev–Trinajstić information content (AvgIpc) is 2.36. The van der Waals surface area contributed by atoms with Crippen molar-refractivity contribution in [1.29, 1.82) is 0 Å². The summed E-state index contributed by atoms with van der Waals surface area (Å²) in [6.07, 6.45) is 4.72. The van der Waals surface area contributed by atoms with Crippen LogP contribution in [0.5, 0.6) is 0 Å². The molecule has 1 atom stereocenters. The van der Waals surface area contributed by atoms with E-state index in [9.17, 15) is 0 Å². The van der Waals surface area contributed by atoms with Gasteiger partial charge in [-0.25, -0.2) is 0 Å². The standard InChI is InChI=1S/C17H21I/c1-5-15-13(4)17(18)9-8-16(15)14-7-6-11(2)12(3)10-14/h6-8,10,17H,5,9H2,1-4H3/t17-/m0/s1. The Morgan fingerprint density at radius 2 is 1.89 bits per heavy atom. The van der Waals surface area contributed by atoms with E-state index in [-0.39, 0.29) is 0 Å². The van der Waals surface area contributed by atoms with Crippen LogP contribution in [0.25, 0.3) is 5.57 Å². The van der Waals surface area contributed by atoms with Crippen molar-refractivity contribution in [1.82, 2.24) is 0 Å². The van der Waals surface area contributed by atoms with E-state index in [4.69, 9.17) is 0 Å². The molecule has 0 fully saturated rings. The van der Waals surface area contributed by atoms with E-state index in [2.05, 4.69) is 74.6 Å². The molecule has 0 saturated carbocycles. The Kier molecular flexibility index (Phi) is 4.31. The highest BCUT2D eigenvalue weighted by Gasteiger charge is 2.19. The van der Waals surface area contributed by atoms with Crippen molar-refractivity contribution in [2.24, 2.45) is 0 Å². The van der Waals surface area contributed by atoms with E-state index >= 15 is 0 Å². The van der Waals surface area contributed by atoms with Gasteiger partial charge in [-0.1, -0.05) is 59.4 Å². The van der Waals surface area contributed by atoms with Gasteiger partial charge >= 0.3 is 0 Å². The fraction of sp³-hybridized carbons (Fsp3) is 0.412. The van der Waals surface area contributed by atoms with Crippen LogP contribution in [-0.4, -0.2) is 3.92 Å². The SMILES string of the molecule is CCC1=C(C)[C@@H](I)CC=C1c1ccc(C)c(C)c1. The molecule has 1 aromatic carbocycles. The molecule has 0 heterocycles. The van der Waals surface area contributed by atoms with Crippen LogP contribution in [0.3, 0.4) is 0 Å². The molecule has 0 N–H and O–H groups in total. The van der Waals surface area contributed by atoms with Gasteiger partial charge in [0.25, 0.3) is 0 Å². The molecule has 1 aromatic rings. The van der Waals surface area contributed by atoms with E-state index in [1.807, 2.05) is 0 Å². The summed E-state index contributed by atoms with van der Waals surface area (Å²) < 4.78 is 0.674. The number of rotatable bonds is 2. The normalized spacial score (nSPS) is 20.1. The molecule has 0 aliphatic heterocycles. The van der Waals surface area contributed by atoms with Crippen molar-refractivity contribution in [2.75, 3.05) is 0 Å². The highest BCUT2D eigenvalue weighted by atomic mass is 127. The molecule has 18 heavy (non-hydrogen) atoms. The Morgan fingerprint density at radius 1 is 1.17 bits per heavy atom. The maximum Gasteiger partial charge on any atom is 0.0356 e. The lowest BCUT2D eigenvalue weighted by molar-refractivity contribution is 0.961. The smallest absolute Gasteiger partial charge is 0.0356 e. The van der Waals surface area contributed by atoms with Crippen LogP contribution in [-0.2, 0) is 0 Å². The Morgan fingerprint density at radius 3 is 2.50 bits per heavy atom. The van der Waals surface area contributed by atoms with E-state index in [1.165, 1.54) is 22.3 Å². The predicted molar refractivity (Wildman–Crippen MR) is 89.3 cm³/mol. The summed E-state index contributed by atoms with van der Waals surface area (Å²) in [5.74, 6) is 0. The lowest BCUT2D eigenvalue weighted by Crippen LogP contribution is -2.09. The van der Waals surface area contributed by atoms with Gasteiger partial charge in [0, 0.05) is 3.92 Å². The van der Waals surface area contributed by atoms with Gasteiger partial charge in [0.2, 0.25) is 0 Å². The molecule has 0 unspecified atom stereocenters. The molecule has 0 aromatic heterocycles. The molecule has 0 spiro atoms. The van der Waals surface area contributed by atoms with Gasteiger partial charge in [0.15, 0.2) is 0 Å². The molecule has 1 aliphatic carbocycles. The third-order valence-electron chi connectivity index (χ3n) is 3.97. The molecule has 1 heteroatoms. The monoisotopic (exact) mass is 352 g/mol. The summed E-state index contributed by atoms with van der Waals surface area (Å²) in [7, 11) is 0. The summed E-state index contributed by atoms with van der Waals surface area (Å²) in [5, 5.41) is 0. The zero-order valence-electron chi connectivity index (χ0n) is 11.7. The van der Waals surface area contributed by atoms with E-state index in [1.54, 1.807) is 11.1 Å². The van der Waals surface area contributed by atoms with Crippen molar-refractivity contribution >= 4 is 28.2 Å². The Balaban J connectivity index is 2.47. The Hall–Kier alpha value is -0.570. The molecule has 0 amide bonds. The third-order valence-corrected chi connectivity index (χ3v) is 5.41. The van der Waals surface area contributed by atoms with Crippen LogP contribution < -0.4 is 0 Å². The van der Waals surface area contributed by atoms with Crippen LogP contribution in [0.1, 0.15) is 43.4 Å². The highest BCUT2D eigenvalue weighted by Crippen LogP contribution is 2.37. The average molecular weight is 352 g/mol. The number of hydrogen-bond acceptors (Lipinski definition) is 0. The first-order chi connectivity index (χ1) is 8.54. The topological polar surface area (TPSA) is 0 Å². The second-order valence-corrected chi connectivity index (χ2v) is 6.64. The molecule has 0 nitrogen and oxygen atoms in total. The number of hydrogen-bond donors (Lipinski definition) is 0. The first-order valence-corrected chi connectivity index (χ1v) is 7.91. The second-order valence-electron chi connectivity index (χ2n) is 5.14. The number of allylic oxidation sites excluding steroid dienone is 4. The molecule has 96 valence electrons. The van der Waals surface area contributed by atoms with Crippen molar-refractivity contribution < 1.29 is 0 Å². The van der Waals surface area contributed by atoms with Crippen LogP contribution in [0.2, 0.25) is 0 Å². The molecule has 1 aliphatic rings. The van der Waals surface area contributed by atoms with Gasteiger partial charge < -0.3 is 0 Å². The maximum absolute atomic E-state index is 2.56. The third kappa shape index (κ3) is 2.56. The molecular weight excluding hydrogens is 331 g/mol. The van der Waals surface area contributed by atoms with Crippen molar-refractivity contribution in [2.45, 2.75) is 44.5 Å². The number of alkyl halides is 1. The Bertz CT molecular complexity index is 520. The van der Waals surface area contributed by atoms with Gasteiger partial charge in [0.1, 0.15) is 0 Å². The van der Waals surface area contributed by atoms with Crippen LogP contribution in [0.15, 0.2) is 35.4 Å². The predicted octanol–water partition coefficient (Wildman–Crippen LogP) is 5.62. The van der Waals surface area contributed by atoms with E-state index < -0.39 is 0 Å². The number of halogens is 1. The fourth-order valence-electron chi connectivity index (χ4n) is 2.59. The van der Waals surface area contributed by atoms with Gasteiger partial charge in [-0.3, -0.25) is 0 Å². The molecule has 2 rings (SSSR count). The van der Waals surface area contributed by atoms with Crippen LogP contribution in [0, 0.1) is 13.8 Å². The molecule has 0 radical (unpaired) electrons. The first kappa shape index (κ1) is 13.9. The fourth-order valence-corrected chi connectivity index (χ4v) is 3.22. The van der Waals surface area contributed by atoms with Crippen molar-refractivity contribution in [3.8, 4) is 0 Å². The van der Waals surface area contributed by atoms with E-state index in [0.29, 0.717) is 3.92 Å². The largest absolute Gasteiger partial charge is 0.0774 e. The van der Waals surface area contributed by atoms with Crippen molar-refractivity contribution in [3.63, 3.8) is 0 Å². The zero-order chi connectivity index (χ0) is 13.3. The zero-order valence-corrected chi connectivity index (χ0v) is 13.8. The maximum atomic E-state index is 2.56. The number of benzene rings is 1. The van der Waals surface area contributed by atoms with Crippen LogP contribution >= 0.6 is 22.6 Å². The highest BCUT2D eigenvalue weighted by molar-refractivity contribution is 14.1. The number of aryl methyl sites for hydroxylation is 2. The van der Waals surface area contributed by atoms with Gasteiger partial charge in [-0.2, -0.15) is 0 Å². The molecular formula is C17H21I. The lowest BCUT2D eigenvalue weighted by Gasteiger charge is -2.24.